The Hall–Kier alpha value is -2.62. The molecule has 0 radical (unpaired) electrons. The average molecular weight is 256 g/mol. The van der Waals surface area contributed by atoms with Gasteiger partial charge in [0.05, 0.1) is 0 Å². The second-order valence-corrected chi connectivity index (χ2v) is 3.77. The summed E-state index contributed by atoms with van der Waals surface area (Å²) in [6.07, 6.45) is 0.692. The molecule has 0 atom stereocenters. The van der Waals surface area contributed by atoms with Crippen molar-refractivity contribution in [1.82, 2.24) is 0 Å². The van der Waals surface area contributed by atoms with Crippen LogP contribution < -0.4 is 9.47 Å². The summed E-state index contributed by atoms with van der Waals surface area (Å²) >= 11 is 0. The van der Waals surface area contributed by atoms with Gasteiger partial charge in [0.2, 0.25) is 0 Å². The van der Waals surface area contributed by atoms with Crippen molar-refractivity contribution >= 4 is 12.3 Å². The molecule has 2 aromatic rings. The fourth-order valence-electron chi connectivity index (χ4n) is 1.47. The third kappa shape index (κ3) is 3.96. The molecule has 0 N–H and O–H groups in total. The predicted molar refractivity (Wildman–Crippen MR) is 69.4 cm³/mol. The van der Waals surface area contributed by atoms with Crippen LogP contribution in [0.5, 0.6) is 11.5 Å². The van der Waals surface area contributed by atoms with Gasteiger partial charge in [-0.1, -0.05) is 30.3 Å². The second kappa shape index (κ2) is 6.35. The molecule has 0 bridgehead atoms. The highest BCUT2D eigenvalue weighted by atomic mass is 16.6. The van der Waals surface area contributed by atoms with Crippen LogP contribution in [0.25, 0.3) is 0 Å². The van der Waals surface area contributed by atoms with E-state index in [2.05, 4.69) is 0 Å². The van der Waals surface area contributed by atoms with Gasteiger partial charge in [-0.3, -0.25) is 4.79 Å². The molecular weight excluding hydrogens is 244 g/mol. The van der Waals surface area contributed by atoms with Crippen LogP contribution in [0.2, 0.25) is 0 Å². The van der Waals surface area contributed by atoms with E-state index in [9.17, 15) is 9.59 Å². The quantitative estimate of drug-likeness (QED) is 0.468. The van der Waals surface area contributed by atoms with Crippen molar-refractivity contribution in [1.29, 1.82) is 0 Å². The van der Waals surface area contributed by atoms with Gasteiger partial charge in [0.25, 0.3) is 0 Å². The molecule has 0 aliphatic carbocycles. The van der Waals surface area contributed by atoms with Gasteiger partial charge in [0.1, 0.15) is 17.8 Å². The molecule has 0 fully saturated rings. The number of benzene rings is 2. The molecule has 4 nitrogen and oxygen atoms in total. The van der Waals surface area contributed by atoms with Crippen molar-refractivity contribution in [2.45, 2.75) is 0 Å². The summed E-state index contributed by atoms with van der Waals surface area (Å²) in [6.45, 7) is -0.185. The molecule has 0 saturated heterocycles. The SMILES string of the molecule is O=Cc1cccc(OC(=O)COc2ccccc2)c1. The summed E-state index contributed by atoms with van der Waals surface area (Å²) in [5.41, 5.74) is 0.453. The lowest BCUT2D eigenvalue weighted by molar-refractivity contribution is -0.136. The van der Waals surface area contributed by atoms with Gasteiger partial charge < -0.3 is 9.47 Å². The van der Waals surface area contributed by atoms with Crippen LogP contribution in [-0.4, -0.2) is 18.9 Å². The molecule has 0 heterocycles. The number of carbonyl (C=O) groups is 2. The molecular formula is C15H12O4. The Morgan fingerprint density at radius 1 is 1.00 bits per heavy atom. The zero-order valence-corrected chi connectivity index (χ0v) is 10.1. The van der Waals surface area contributed by atoms with Crippen LogP contribution in [0.4, 0.5) is 0 Å². The summed E-state index contributed by atoms with van der Waals surface area (Å²) < 4.78 is 10.3. The highest BCUT2D eigenvalue weighted by Crippen LogP contribution is 2.13. The molecule has 19 heavy (non-hydrogen) atoms. The van der Waals surface area contributed by atoms with E-state index in [-0.39, 0.29) is 6.61 Å². The molecule has 0 spiro atoms. The van der Waals surface area contributed by atoms with E-state index < -0.39 is 5.97 Å². The lowest BCUT2D eigenvalue weighted by Crippen LogP contribution is -2.17. The van der Waals surface area contributed by atoms with E-state index in [0.29, 0.717) is 23.3 Å². The standard InChI is InChI=1S/C15H12O4/c16-10-12-5-4-8-14(9-12)19-15(17)11-18-13-6-2-1-3-7-13/h1-10H,11H2. The lowest BCUT2D eigenvalue weighted by Gasteiger charge is -2.06. The summed E-state index contributed by atoms with van der Waals surface area (Å²) in [5, 5.41) is 0. The van der Waals surface area contributed by atoms with Crippen molar-refractivity contribution in [2.75, 3.05) is 6.61 Å². The maximum Gasteiger partial charge on any atom is 0.349 e. The second-order valence-electron chi connectivity index (χ2n) is 3.77. The minimum atomic E-state index is -0.521. The Morgan fingerprint density at radius 2 is 1.74 bits per heavy atom. The maximum absolute atomic E-state index is 11.5. The Kier molecular flexibility index (Phi) is 4.29. The Balaban J connectivity index is 1.89. The molecule has 0 aliphatic rings. The Labute approximate surface area is 110 Å². The summed E-state index contributed by atoms with van der Waals surface area (Å²) in [6, 6.07) is 15.4. The average Bonchev–Trinajstić information content (AvgIpc) is 2.46. The zero-order chi connectivity index (χ0) is 13.5. The Morgan fingerprint density at radius 3 is 2.47 bits per heavy atom. The van der Waals surface area contributed by atoms with Crippen molar-refractivity contribution < 1.29 is 19.1 Å². The number of carbonyl (C=O) groups excluding carboxylic acids is 2. The van der Waals surface area contributed by atoms with Gasteiger partial charge in [-0.05, 0) is 24.3 Å². The number of aldehydes is 1. The van der Waals surface area contributed by atoms with Crippen LogP contribution >= 0.6 is 0 Å². The summed E-state index contributed by atoms with van der Waals surface area (Å²) in [4.78, 5) is 22.1. The molecule has 2 aromatic carbocycles. The summed E-state index contributed by atoms with van der Waals surface area (Å²) in [7, 11) is 0. The number of esters is 1. The molecule has 2 rings (SSSR count). The third-order valence-corrected chi connectivity index (χ3v) is 2.33. The monoisotopic (exact) mass is 256 g/mol. The van der Waals surface area contributed by atoms with Crippen molar-refractivity contribution in [3.63, 3.8) is 0 Å². The van der Waals surface area contributed by atoms with Crippen LogP contribution in [0.3, 0.4) is 0 Å². The van der Waals surface area contributed by atoms with Gasteiger partial charge in [-0.15, -0.1) is 0 Å². The minimum absolute atomic E-state index is 0.185. The fraction of sp³-hybridized carbons (Fsp3) is 0.0667. The van der Waals surface area contributed by atoms with Crippen LogP contribution in [-0.2, 0) is 4.79 Å². The van der Waals surface area contributed by atoms with Crippen molar-refractivity contribution in [3.05, 3.63) is 60.2 Å². The van der Waals surface area contributed by atoms with Crippen LogP contribution in [0, 0.1) is 0 Å². The van der Waals surface area contributed by atoms with E-state index in [0.717, 1.165) is 0 Å². The molecule has 0 unspecified atom stereocenters. The first-order chi connectivity index (χ1) is 9.28. The Bertz CT molecular complexity index is 563. The topological polar surface area (TPSA) is 52.6 Å². The minimum Gasteiger partial charge on any atom is -0.482 e. The fourth-order valence-corrected chi connectivity index (χ4v) is 1.47. The molecule has 96 valence electrons. The van der Waals surface area contributed by atoms with Gasteiger partial charge in [-0.25, -0.2) is 4.79 Å². The third-order valence-electron chi connectivity index (χ3n) is 2.33. The highest BCUT2D eigenvalue weighted by molar-refractivity contribution is 5.77. The van der Waals surface area contributed by atoms with E-state index in [1.54, 1.807) is 30.3 Å². The first-order valence-corrected chi connectivity index (χ1v) is 5.72. The van der Waals surface area contributed by atoms with E-state index >= 15 is 0 Å². The van der Waals surface area contributed by atoms with Gasteiger partial charge in [0.15, 0.2) is 6.61 Å². The lowest BCUT2D eigenvalue weighted by atomic mass is 10.2. The largest absolute Gasteiger partial charge is 0.482 e. The molecule has 0 amide bonds. The number of ether oxygens (including phenoxy) is 2. The molecule has 0 aromatic heterocycles. The van der Waals surface area contributed by atoms with Gasteiger partial charge >= 0.3 is 5.97 Å². The number of hydrogen-bond acceptors (Lipinski definition) is 4. The van der Waals surface area contributed by atoms with Crippen molar-refractivity contribution in [2.24, 2.45) is 0 Å². The van der Waals surface area contributed by atoms with E-state index in [1.807, 2.05) is 18.2 Å². The molecule has 0 saturated carbocycles. The van der Waals surface area contributed by atoms with Gasteiger partial charge in [-0.2, -0.15) is 0 Å². The zero-order valence-electron chi connectivity index (χ0n) is 10.1. The molecule has 4 heteroatoms. The number of para-hydroxylation sites is 1. The molecule has 0 aliphatic heterocycles. The highest BCUT2D eigenvalue weighted by Gasteiger charge is 2.06. The normalized spacial score (nSPS) is 9.68. The summed E-state index contributed by atoms with van der Waals surface area (Å²) in [5.74, 6) is 0.402. The number of rotatable bonds is 5. The first-order valence-electron chi connectivity index (χ1n) is 5.72. The maximum atomic E-state index is 11.5. The van der Waals surface area contributed by atoms with Crippen molar-refractivity contribution in [3.8, 4) is 11.5 Å². The van der Waals surface area contributed by atoms with E-state index in [1.165, 1.54) is 6.07 Å². The van der Waals surface area contributed by atoms with Gasteiger partial charge in [0, 0.05) is 5.56 Å². The van der Waals surface area contributed by atoms with E-state index in [4.69, 9.17) is 9.47 Å². The predicted octanol–water partition coefficient (Wildman–Crippen LogP) is 2.48. The first kappa shape index (κ1) is 12.8. The van der Waals surface area contributed by atoms with Crippen LogP contribution in [0.15, 0.2) is 54.6 Å². The number of hydrogen-bond donors (Lipinski definition) is 0. The van der Waals surface area contributed by atoms with Crippen LogP contribution in [0.1, 0.15) is 10.4 Å². The smallest absolute Gasteiger partial charge is 0.349 e.